The second-order valence-electron chi connectivity index (χ2n) is 6.48. The maximum atomic E-state index is 12.7. The van der Waals surface area contributed by atoms with Gasteiger partial charge in [-0.1, -0.05) is 73.2 Å². The molecule has 2 aromatic carbocycles. The Labute approximate surface area is 140 Å². The Bertz CT molecular complexity index is 740. The van der Waals surface area contributed by atoms with Crippen molar-refractivity contribution < 1.29 is 8.42 Å². The van der Waals surface area contributed by atoms with Crippen molar-refractivity contribution in [2.75, 3.05) is 0 Å². The van der Waals surface area contributed by atoms with Crippen LogP contribution in [0.15, 0.2) is 59.5 Å². The Hall–Kier alpha value is -1.43. The quantitative estimate of drug-likeness (QED) is 0.816. The molecule has 0 saturated carbocycles. The summed E-state index contributed by atoms with van der Waals surface area (Å²) < 4.78 is 28.4. The Morgan fingerprint density at radius 3 is 2.09 bits per heavy atom. The van der Waals surface area contributed by atoms with Gasteiger partial charge in [-0.2, -0.15) is 0 Å². The summed E-state index contributed by atoms with van der Waals surface area (Å²) in [6.07, 6.45) is 0.777. The normalized spacial score (nSPS) is 13.7. The molecule has 124 valence electrons. The molecular weight excluding hydrogens is 322 g/mol. The van der Waals surface area contributed by atoms with E-state index in [9.17, 15) is 8.42 Å². The van der Waals surface area contributed by atoms with Gasteiger partial charge in [-0.15, -0.1) is 0 Å². The van der Waals surface area contributed by atoms with Crippen molar-refractivity contribution in [2.45, 2.75) is 43.9 Å². The third kappa shape index (κ3) is 4.10. The van der Waals surface area contributed by atoms with Crippen LogP contribution in [0.25, 0.3) is 0 Å². The highest BCUT2D eigenvalue weighted by atomic mass is 32.2. The summed E-state index contributed by atoms with van der Waals surface area (Å²) in [5.74, 6) is 0. The first-order valence-corrected chi connectivity index (χ1v) is 12.5. The average molecular weight is 348 g/mol. The van der Waals surface area contributed by atoms with Gasteiger partial charge < -0.3 is 0 Å². The highest BCUT2D eigenvalue weighted by Crippen LogP contribution is 2.17. The lowest BCUT2D eigenvalue weighted by Gasteiger charge is -2.32. The molecule has 0 amide bonds. The summed E-state index contributed by atoms with van der Waals surface area (Å²) in [7, 11) is -5.45. The lowest BCUT2D eigenvalue weighted by atomic mass is 10.2. The molecule has 0 aromatic heterocycles. The first kappa shape index (κ1) is 17.9. The molecule has 0 aliphatic heterocycles. The summed E-state index contributed by atoms with van der Waals surface area (Å²) in [5.41, 5.74) is 1.01. The van der Waals surface area contributed by atoms with Gasteiger partial charge in [0.05, 0.1) is 13.0 Å². The molecule has 0 radical (unpaired) electrons. The SMILES string of the molecule is CCC(NS(=O)(=O)c1ccc(C)cc1)[Si](C)(C)c1ccccc1. The van der Waals surface area contributed by atoms with Gasteiger partial charge in [0.25, 0.3) is 0 Å². The van der Waals surface area contributed by atoms with Crippen LogP contribution in [0.4, 0.5) is 0 Å². The molecule has 2 aromatic rings. The molecule has 2 rings (SSSR count). The number of hydrogen-bond acceptors (Lipinski definition) is 2. The second-order valence-corrected chi connectivity index (χ2v) is 12.9. The summed E-state index contributed by atoms with van der Waals surface area (Å²) in [4.78, 5) is 0.333. The van der Waals surface area contributed by atoms with E-state index in [1.165, 1.54) is 5.19 Å². The predicted molar refractivity (Wildman–Crippen MR) is 99.1 cm³/mol. The number of rotatable bonds is 6. The van der Waals surface area contributed by atoms with E-state index in [1.807, 2.05) is 44.2 Å². The molecule has 0 heterocycles. The van der Waals surface area contributed by atoms with Crippen LogP contribution in [0.1, 0.15) is 18.9 Å². The minimum absolute atomic E-state index is 0.0452. The van der Waals surface area contributed by atoms with E-state index in [1.54, 1.807) is 12.1 Å². The van der Waals surface area contributed by atoms with Gasteiger partial charge in [0.1, 0.15) is 0 Å². The number of aryl methyl sites for hydroxylation is 1. The molecule has 1 atom stereocenters. The molecule has 1 unspecified atom stereocenters. The van der Waals surface area contributed by atoms with E-state index in [4.69, 9.17) is 0 Å². The maximum absolute atomic E-state index is 12.7. The van der Waals surface area contributed by atoms with Crippen LogP contribution in [0.3, 0.4) is 0 Å². The molecule has 3 nitrogen and oxygen atoms in total. The number of sulfonamides is 1. The zero-order valence-electron chi connectivity index (χ0n) is 14.2. The van der Waals surface area contributed by atoms with Crippen molar-refractivity contribution in [3.63, 3.8) is 0 Å². The van der Waals surface area contributed by atoms with Crippen molar-refractivity contribution in [3.05, 3.63) is 60.2 Å². The molecule has 5 heteroatoms. The fourth-order valence-corrected chi connectivity index (χ4v) is 8.07. The molecule has 0 aliphatic carbocycles. The topological polar surface area (TPSA) is 46.2 Å². The van der Waals surface area contributed by atoms with E-state index in [-0.39, 0.29) is 5.67 Å². The van der Waals surface area contributed by atoms with Crippen LogP contribution >= 0.6 is 0 Å². The first-order chi connectivity index (χ1) is 10.8. The number of nitrogens with one attached hydrogen (secondary N) is 1. The molecule has 0 fully saturated rings. The number of hydrogen-bond donors (Lipinski definition) is 1. The second kappa shape index (κ2) is 6.99. The van der Waals surface area contributed by atoms with Crippen LogP contribution in [-0.4, -0.2) is 22.2 Å². The van der Waals surface area contributed by atoms with E-state index < -0.39 is 18.1 Å². The molecule has 0 bridgehead atoms. The third-order valence-corrected chi connectivity index (χ3v) is 10.2. The van der Waals surface area contributed by atoms with Crippen molar-refractivity contribution >= 4 is 23.3 Å². The first-order valence-electron chi connectivity index (χ1n) is 7.92. The predicted octanol–water partition coefficient (Wildman–Crippen LogP) is 3.21. The van der Waals surface area contributed by atoms with Gasteiger partial charge in [0, 0.05) is 5.67 Å². The zero-order valence-corrected chi connectivity index (χ0v) is 16.0. The zero-order chi connectivity index (χ0) is 17.1. The summed E-state index contributed by atoms with van der Waals surface area (Å²) in [6, 6.07) is 17.2. The summed E-state index contributed by atoms with van der Waals surface area (Å²) in [5, 5.41) is 1.26. The van der Waals surface area contributed by atoms with Crippen molar-refractivity contribution in [2.24, 2.45) is 0 Å². The Kier molecular flexibility index (Phi) is 5.44. The van der Waals surface area contributed by atoms with Crippen LogP contribution in [-0.2, 0) is 10.0 Å². The molecule has 0 spiro atoms. The van der Waals surface area contributed by atoms with Gasteiger partial charge in [0.15, 0.2) is 0 Å². The molecular formula is C18H25NO2SSi. The van der Waals surface area contributed by atoms with E-state index in [2.05, 4.69) is 29.9 Å². The number of benzene rings is 2. The molecule has 0 saturated heterocycles. The molecule has 23 heavy (non-hydrogen) atoms. The van der Waals surface area contributed by atoms with Crippen LogP contribution in [0.2, 0.25) is 13.1 Å². The Morgan fingerprint density at radius 1 is 1.00 bits per heavy atom. The molecule has 1 N–H and O–H groups in total. The van der Waals surface area contributed by atoms with Crippen LogP contribution in [0.5, 0.6) is 0 Å². The fraction of sp³-hybridized carbons (Fsp3) is 0.333. The summed E-state index contributed by atoms with van der Waals surface area (Å²) >= 11 is 0. The smallest absolute Gasteiger partial charge is 0.211 e. The average Bonchev–Trinajstić information content (AvgIpc) is 2.53. The van der Waals surface area contributed by atoms with Crippen molar-refractivity contribution in [1.82, 2.24) is 4.72 Å². The van der Waals surface area contributed by atoms with Gasteiger partial charge in [-0.25, -0.2) is 13.1 Å². The minimum atomic E-state index is -3.49. The lowest BCUT2D eigenvalue weighted by Crippen LogP contribution is -2.59. The largest absolute Gasteiger partial charge is 0.240 e. The van der Waals surface area contributed by atoms with Crippen LogP contribution < -0.4 is 9.91 Å². The van der Waals surface area contributed by atoms with E-state index >= 15 is 0 Å². The Balaban J connectivity index is 2.30. The summed E-state index contributed by atoms with van der Waals surface area (Å²) in [6.45, 7) is 8.42. The van der Waals surface area contributed by atoms with E-state index in [0.29, 0.717) is 4.90 Å². The van der Waals surface area contributed by atoms with Crippen LogP contribution in [0, 0.1) is 6.92 Å². The molecule has 0 aliphatic rings. The van der Waals surface area contributed by atoms with Gasteiger partial charge in [-0.3, -0.25) is 0 Å². The lowest BCUT2D eigenvalue weighted by molar-refractivity contribution is 0.573. The van der Waals surface area contributed by atoms with E-state index in [0.717, 1.165) is 12.0 Å². The maximum Gasteiger partial charge on any atom is 0.240 e. The standard InChI is InChI=1S/C18H25NO2SSi/c1-5-18(23(3,4)17-9-7-6-8-10-17)19-22(20,21)16-13-11-15(2)12-14-16/h6-14,18-19H,5H2,1-4H3. The van der Waals surface area contributed by atoms with Crippen molar-refractivity contribution in [3.8, 4) is 0 Å². The highest BCUT2D eigenvalue weighted by molar-refractivity contribution is 7.89. The van der Waals surface area contributed by atoms with Gasteiger partial charge in [-0.05, 0) is 25.5 Å². The fourth-order valence-electron chi connectivity index (χ4n) is 2.78. The monoisotopic (exact) mass is 347 g/mol. The third-order valence-electron chi connectivity index (χ3n) is 4.43. The highest BCUT2D eigenvalue weighted by Gasteiger charge is 2.35. The van der Waals surface area contributed by atoms with Crippen molar-refractivity contribution in [1.29, 1.82) is 0 Å². The Morgan fingerprint density at radius 2 is 1.57 bits per heavy atom. The minimum Gasteiger partial charge on any atom is -0.211 e. The van der Waals surface area contributed by atoms with Gasteiger partial charge >= 0.3 is 0 Å². The van der Waals surface area contributed by atoms with Gasteiger partial charge in [0.2, 0.25) is 10.0 Å².